The lowest BCUT2D eigenvalue weighted by Crippen LogP contribution is -2.20. The van der Waals surface area contributed by atoms with Crippen molar-refractivity contribution < 1.29 is 26.7 Å². The fourth-order valence-electron chi connectivity index (χ4n) is 4.79. The Morgan fingerprint density at radius 2 is 1.93 bits per heavy atom. The van der Waals surface area contributed by atoms with Crippen LogP contribution in [0.25, 0.3) is 11.2 Å². The van der Waals surface area contributed by atoms with Gasteiger partial charge in [-0.1, -0.05) is 6.07 Å². The zero-order valence-corrected chi connectivity index (χ0v) is 24.0. The summed E-state index contributed by atoms with van der Waals surface area (Å²) in [5, 5.41) is 15.7. The molecule has 0 aliphatic carbocycles. The third kappa shape index (κ3) is 5.97. The number of alkyl halides is 2. The summed E-state index contributed by atoms with van der Waals surface area (Å²) >= 11 is 0. The molecule has 1 unspecified atom stereocenters. The highest BCUT2D eigenvalue weighted by Crippen LogP contribution is 2.37. The van der Waals surface area contributed by atoms with Crippen molar-refractivity contribution in [1.29, 1.82) is 5.26 Å². The summed E-state index contributed by atoms with van der Waals surface area (Å²) in [5.74, 6) is 0.256. The molecule has 5 rings (SSSR count). The molecule has 0 saturated carbocycles. The van der Waals surface area contributed by atoms with Crippen molar-refractivity contribution in [1.82, 2.24) is 19.5 Å². The topological polar surface area (TPSA) is 144 Å². The van der Waals surface area contributed by atoms with Gasteiger partial charge in [-0.05, 0) is 62.9 Å². The minimum Gasteiger partial charge on any atom is -0.491 e. The Morgan fingerprint density at radius 1 is 1.12 bits per heavy atom. The number of nitriles is 1. The molecule has 2 N–H and O–H groups in total. The number of sulfone groups is 1. The minimum absolute atomic E-state index is 0.0398. The van der Waals surface area contributed by atoms with Crippen LogP contribution in [0.5, 0.6) is 5.75 Å². The number of rotatable bonds is 9. The van der Waals surface area contributed by atoms with E-state index in [9.17, 15) is 22.5 Å². The number of nitrogens with one attached hydrogen (secondary N) is 2. The van der Waals surface area contributed by atoms with Crippen molar-refractivity contribution in [3.8, 4) is 11.8 Å². The standard InChI is InChI=1S/C28H29F2N7O4S/c1-4-40-20-10-11-22(33-19(20)15-31)34-23-14-18(32-17-9-8-16(2)13-21(17)42(3,38)39)25-27(35-23)37(28(36-25)26(29)30)24-7-5-6-12-41-24/h8-11,13-14,24,26H,4-7,12H2,1-3H3,(H2,32,33,34,35). The van der Waals surface area contributed by atoms with Crippen molar-refractivity contribution in [2.75, 3.05) is 30.1 Å². The van der Waals surface area contributed by atoms with E-state index in [4.69, 9.17) is 9.47 Å². The van der Waals surface area contributed by atoms with Crippen LogP contribution in [0.15, 0.2) is 41.3 Å². The molecule has 42 heavy (non-hydrogen) atoms. The van der Waals surface area contributed by atoms with Crippen LogP contribution >= 0.6 is 0 Å². The maximum absolute atomic E-state index is 14.3. The molecular formula is C28H29F2N7O4S. The number of benzene rings is 1. The largest absolute Gasteiger partial charge is 0.491 e. The van der Waals surface area contributed by atoms with Crippen LogP contribution in [-0.2, 0) is 14.6 Å². The molecule has 0 amide bonds. The molecule has 1 aliphatic rings. The molecule has 14 heteroatoms. The number of anilines is 4. The van der Waals surface area contributed by atoms with Gasteiger partial charge in [-0.3, -0.25) is 4.57 Å². The van der Waals surface area contributed by atoms with E-state index in [0.717, 1.165) is 24.7 Å². The molecule has 1 fully saturated rings. The lowest BCUT2D eigenvalue weighted by molar-refractivity contribution is -0.0363. The number of nitrogens with zero attached hydrogens (tertiary/aromatic N) is 5. The maximum atomic E-state index is 14.3. The lowest BCUT2D eigenvalue weighted by Gasteiger charge is -2.25. The average Bonchev–Trinajstić information content (AvgIpc) is 3.35. The van der Waals surface area contributed by atoms with Gasteiger partial charge in [-0.15, -0.1) is 0 Å². The van der Waals surface area contributed by atoms with Gasteiger partial charge in [0.2, 0.25) is 0 Å². The second-order valence-electron chi connectivity index (χ2n) is 9.80. The number of hydrogen-bond acceptors (Lipinski definition) is 10. The number of ether oxygens (including phenoxy) is 2. The predicted molar refractivity (Wildman–Crippen MR) is 152 cm³/mol. The monoisotopic (exact) mass is 597 g/mol. The molecule has 0 radical (unpaired) electrons. The summed E-state index contributed by atoms with van der Waals surface area (Å²) in [6.45, 7) is 4.32. The molecule has 0 bridgehead atoms. The summed E-state index contributed by atoms with van der Waals surface area (Å²) < 4.78 is 66.5. The number of aryl methyl sites for hydroxylation is 1. The first-order valence-corrected chi connectivity index (χ1v) is 15.2. The average molecular weight is 598 g/mol. The Bertz CT molecular complexity index is 1780. The molecule has 3 aromatic heterocycles. The highest BCUT2D eigenvalue weighted by molar-refractivity contribution is 7.90. The number of aromatic nitrogens is 4. The van der Waals surface area contributed by atoms with Gasteiger partial charge in [0.25, 0.3) is 6.43 Å². The van der Waals surface area contributed by atoms with Gasteiger partial charge >= 0.3 is 0 Å². The Morgan fingerprint density at radius 3 is 2.60 bits per heavy atom. The van der Waals surface area contributed by atoms with Gasteiger partial charge in [0.05, 0.1) is 22.9 Å². The Balaban J connectivity index is 1.69. The van der Waals surface area contributed by atoms with E-state index in [-0.39, 0.29) is 44.8 Å². The predicted octanol–water partition coefficient (Wildman–Crippen LogP) is 5.93. The molecule has 0 spiro atoms. The molecule has 1 aromatic carbocycles. The van der Waals surface area contributed by atoms with Crippen molar-refractivity contribution in [2.45, 2.75) is 50.7 Å². The van der Waals surface area contributed by atoms with Gasteiger partial charge in [0.15, 0.2) is 32.8 Å². The van der Waals surface area contributed by atoms with Crippen LogP contribution in [-0.4, -0.2) is 47.4 Å². The van der Waals surface area contributed by atoms with E-state index in [1.807, 2.05) is 6.07 Å². The zero-order chi connectivity index (χ0) is 30.0. The van der Waals surface area contributed by atoms with Crippen molar-refractivity contribution in [3.05, 3.63) is 53.5 Å². The molecule has 4 aromatic rings. The van der Waals surface area contributed by atoms with Gasteiger partial charge in [0, 0.05) is 18.9 Å². The summed E-state index contributed by atoms with van der Waals surface area (Å²) in [6.07, 6.45) is -0.447. The molecular weight excluding hydrogens is 568 g/mol. The SMILES string of the molecule is CCOc1ccc(Nc2cc(Nc3ccc(C)cc3S(C)(=O)=O)c3nc(C(F)F)n(C4CCCCO4)c3n2)nc1C#N. The second kappa shape index (κ2) is 11.9. The van der Waals surface area contributed by atoms with E-state index in [1.165, 1.54) is 16.7 Å². The summed E-state index contributed by atoms with van der Waals surface area (Å²) in [5.41, 5.74) is 1.50. The van der Waals surface area contributed by atoms with Crippen LogP contribution < -0.4 is 15.4 Å². The highest BCUT2D eigenvalue weighted by Gasteiger charge is 2.29. The van der Waals surface area contributed by atoms with Crippen LogP contribution in [0.2, 0.25) is 0 Å². The van der Waals surface area contributed by atoms with Gasteiger partial charge in [-0.25, -0.2) is 32.2 Å². The van der Waals surface area contributed by atoms with Gasteiger partial charge in [-0.2, -0.15) is 5.26 Å². The number of fused-ring (bicyclic) bond motifs is 1. The molecule has 1 aliphatic heterocycles. The van der Waals surface area contributed by atoms with E-state index < -0.39 is 28.3 Å². The Labute approximate surface area is 241 Å². The third-order valence-electron chi connectivity index (χ3n) is 6.64. The van der Waals surface area contributed by atoms with Gasteiger partial charge in [0.1, 0.15) is 29.4 Å². The maximum Gasteiger partial charge on any atom is 0.295 e. The minimum atomic E-state index is -3.65. The third-order valence-corrected chi connectivity index (χ3v) is 7.78. The molecule has 220 valence electrons. The highest BCUT2D eigenvalue weighted by atomic mass is 32.2. The first-order valence-electron chi connectivity index (χ1n) is 13.3. The lowest BCUT2D eigenvalue weighted by atomic mass is 10.2. The van der Waals surface area contributed by atoms with Crippen molar-refractivity contribution in [3.63, 3.8) is 0 Å². The quantitative estimate of drug-likeness (QED) is 0.238. The number of pyridine rings is 2. The number of imidazole rings is 1. The fraction of sp³-hybridized carbons (Fsp3) is 0.357. The zero-order valence-electron chi connectivity index (χ0n) is 23.2. The first kappa shape index (κ1) is 29.2. The number of halogens is 2. The molecule has 4 heterocycles. The molecule has 11 nitrogen and oxygen atoms in total. The van der Waals surface area contributed by atoms with Crippen molar-refractivity contribution in [2.24, 2.45) is 0 Å². The van der Waals surface area contributed by atoms with E-state index in [0.29, 0.717) is 25.4 Å². The fourth-order valence-corrected chi connectivity index (χ4v) is 5.71. The van der Waals surface area contributed by atoms with E-state index >= 15 is 0 Å². The Kier molecular flexibility index (Phi) is 8.24. The smallest absolute Gasteiger partial charge is 0.295 e. The van der Waals surface area contributed by atoms with Gasteiger partial charge < -0.3 is 20.1 Å². The normalized spacial score (nSPS) is 15.5. The van der Waals surface area contributed by atoms with Crippen LogP contribution in [0.4, 0.5) is 31.8 Å². The summed E-state index contributed by atoms with van der Waals surface area (Å²) in [6, 6.07) is 11.6. The summed E-state index contributed by atoms with van der Waals surface area (Å²) in [7, 11) is -3.65. The molecule has 1 atom stereocenters. The van der Waals surface area contributed by atoms with Crippen LogP contribution in [0, 0.1) is 18.3 Å². The second-order valence-corrected chi connectivity index (χ2v) is 11.8. The van der Waals surface area contributed by atoms with Crippen molar-refractivity contribution >= 4 is 44.0 Å². The van der Waals surface area contributed by atoms with E-state index in [2.05, 4.69) is 25.6 Å². The number of hydrogen-bond donors (Lipinski definition) is 2. The molecule has 1 saturated heterocycles. The van der Waals surface area contributed by atoms with Crippen LogP contribution in [0.3, 0.4) is 0 Å². The van der Waals surface area contributed by atoms with E-state index in [1.54, 1.807) is 38.1 Å². The Hall–Kier alpha value is -4.35. The van der Waals surface area contributed by atoms with Crippen LogP contribution in [0.1, 0.15) is 55.9 Å². The first-order chi connectivity index (χ1) is 20.1. The summed E-state index contributed by atoms with van der Waals surface area (Å²) in [4.78, 5) is 13.2.